The highest BCUT2D eigenvalue weighted by Crippen LogP contribution is 2.67. The fourth-order valence-electron chi connectivity index (χ4n) is 10.5. The van der Waals surface area contributed by atoms with Gasteiger partial charge in [-0.3, -0.25) is 19.2 Å². The van der Waals surface area contributed by atoms with Crippen molar-refractivity contribution in [1.29, 1.82) is 5.26 Å². The number of aliphatic hydroxyl groups is 1. The van der Waals surface area contributed by atoms with Gasteiger partial charge in [0.2, 0.25) is 5.91 Å². The van der Waals surface area contributed by atoms with Gasteiger partial charge in [0.05, 0.1) is 35.5 Å². The van der Waals surface area contributed by atoms with E-state index < -0.39 is 72.6 Å². The largest absolute Gasteiger partial charge is 0.481 e. The number of amides is 1. The number of carbonyl (C=O) groups excluding carboxylic acids is 3. The number of nitriles is 1. The van der Waals surface area contributed by atoms with Crippen molar-refractivity contribution in [3.63, 3.8) is 0 Å². The Morgan fingerprint density at radius 3 is 1.44 bits per heavy atom. The minimum atomic E-state index is -1.39. The van der Waals surface area contributed by atoms with Crippen molar-refractivity contribution in [2.75, 3.05) is 26.4 Å². The summed E-state index contributed by atoms with van der Waals surface area (Å²) in [5.74, 6) is -2.13. The Morgan fingerprint density at radius 1 is 0.619 bits per heavy atom. The number of rotatable bonds is 23. The topological polar surface area (TPSA) is 163 Å². The lowest BCUT2D eigenvalue weighted by molar-refractivity contribution is -0.192. The van der Waals surface area contributed by atoms with Crippen molar-refractivity contribution in [3.8, 4) is 6.07 Å². The molecule has 1 aromatic rings. The number of carboxylic acids is 1. The average Bonchev–Trinajstić information content (AvgIpc) is 3.12. The maximum atomic E-state index is 14.7. The molecule has 0 saturated carbocycles. The highest BCUT2D eigenvalue weighted by molar-refractivity contribution is 5.80. The first-order valence-electron chi connectivity index (χ1n) is 23.0. The summed E-state index contributed by atoms with van der Waals surface area (Å²) in [4.78, 5) is 55.1. The molecular formula is C53H90N2O8. The van der Waals surface area contributed by atoms with E-state index in [1.54, 1.807) is 0 Å². The van der Waals surface area contributed by atoms with Crippen LogP contribution in [0, 0.1) is 70.9 Å². The molecule has 4 atom stereocenters. The van der Waals surface area contributed by atoms with Crippen molar-refractivity contribution in [1.82, 2.24) is 5.32 Å². The molecule has 0 radical (unpaired) electrons. The molecule has 0 spiro atoms. The minimum Gasteiger partial charge on any atom is -0.481 e. The average molecular weight is 883 g/mol. The van der Waals surface area contributed by atoms with Crippen LogP contribution in [-0.2, 0) is 28.7 Å². The van der Waals surface area contributed by atoms with Crippen molar-refractivity contribution in [3.05, 3.63) is 35.9 Å². The molecule has 0 aliphatic carbocycles. The Morgan fingerprint density at radius 2 is 1.03 bits per heavy atom. The Balaban J connectivity index is 3.95. The molecular weight excluding hydrogens is 793 g/mol. The molecule has 0 fully saturated rings. The first-order valence-corrected chi connectivity index (χ1v) is 23.0. The summed E-state index contributed by atoms with van der Waals surface area (Å²) < 4.78 is 11.8. The van der Waals surface area contributed by atoms with Crippen LogP contribution < -0.4 is 5.32 Å². The zero-order chi connectivity index (χ0) is 49.7. The number of carbonyl (C=O) groups is 4. The number of nitrogens with one attached hydrogen (secondary N) is 1. The van der Waals surface area contributed by atoms with Crippen LogP contribution in [0.25, 0.3) is 0 Å². The van der Waals surface area contributed by atoms with E-state index in [0.717, 1.165) is 6.42 Å². The quantitative estimate of drug-likeness (QED) is 0.0717. The van der Waals surface area contributed by atoms with Crippen LogP contribution in [0.15, 0.2) is 30.3 Å². The third-order valence-corrected chi connectivity index (χ3v) is 17.2. The first-order chi connectivity index (χ1) is 28.1. The van der Waals surface area contributed by atoms with E-state index in [9.17, 15) is 29.4 Å². The van der Waals surface area contributed by atoms with Crippen LogP contribution in [0.2, 0.25) is 0 Å². The van der Waals surface area contributed by atoms with Crippen LogP contribution >= 0.6 is 0 Å². The van der Waals surface area contributed by atoms with Crippen LogP contribution in [0.3, 0.4) is 0 Å². The van der Waals surface area contributed by atoms with E-state index in [1.807, 2.05) is 74.4 Å². The van der Waals surface area contributed by atoms with Gasteiger partial charge < -0.3 is 25.0 Å². The molecule has 0 saturated heterocycles. The second kappa shape index (κ2) is 20.0. The molecule has 1 rings (SSSR count). The number of hydrogen-bond acceptors (Lipinski definition) is 8. The third kappa shape index (κ3) is 12.3. The molecule has 0 aromatic heterocycles. The van der Waals surface area contributed by atoms with E-state index in [1.165, 1.54) is 5.56 Å². The van der Waals surface area contributed by atoms with Crippen LogP contribution in [0.4, 0.5) is 0 Å². The van der Waals surface area contributed by atoms with Crippen molar-refractivity contribution >= 4 is 23.8 Å². The molecule has 10 nitrogen and oxygen atoms in total. The predicted octanol–water partition coefficient (Wildman–Crippen LogP) is 11.8. The van der Waals surface area contributed by atoms with Crippen LogP contribution in [-0.4, -0.2) is 60.4 Å². The highest BCUT2D eigenvalue weighted by atomic mass is 16.5. The molecule has 0 aliphatic rings. The highest BCUT2D eigenvalue weighted by Gasteiger charge is 2.65. The molecule has 0 heterocycles. The minimum absolute atomic E-state index is 0.0622. The lowest BCUT2D eigenvalue weighted by Crippen LogP contribution is -2.60. The van der Waals surface area contributed by atoms with Gasteiger partial charge >= 0.3 is 17.9 Å². The number of ether oxygens (including phenoxy) is 2. The SMILES string of the molecule is CC(C)(C)CC(C)(C(=O)OCCNC(=O)CC#N)C(C)(C)C(C)(C)CC(C)(C(=O)O)C(C)(C)C(C)(C)CC(C)(C(=O)OCCO)C(C)(C)C(C)(C)CC(c1ccccc1)C(C)(C)C. The second-order valence-electron chi connectivity index (χ2n) is 25.1. The van der Waals surface area contributed by atoms with Gasteiger partial charge in [0.15, 0.2) is 0 Å². The number of aliphatic hydroxyl groups excluding tert-OH is 1. The van der Waals surface area contributed by atoms with Crippen molar-refractivity contribution in [2.24, 2.45) is 59.6 Å². The summed E-state index contributed by atoms with van der Waals surface area (Å²) in [5, 5.41) is 32.8. The Hall–Kier alpha value is -3.45. The molecule has 360 valence electrons. The van der Waals surface area contributed by atoms with E-state index in [2.05, 4.69) is 113 Å². The number of esters is 2. The second-order valence-corrected chi connectivity index (χ2v) is 25.1. The molecule has 0 bridgehead atoms. The fourth-order valence-corrected chi connectivity index (χ4v) is 10.5. The van der Waals surface area contributed by atoms with Crippen molar-refractivity contribution < 1.29 is 38.9 Å². The maximum Gasteiger partial charge on any atom is 0.312 e. The van der Waals surface area contributed by atoms with Crippen molar-refractivity contribution in [2.45, 2.75) is 183 Å². The molecule has 0 aliphatic heterocycles. The van der Waals surface area contributed by atoms with Crippen LogP contribution in [0.1, 0.15) is 189 Å². The number of nitrogens with zero attached hydrogens (tertiary/aromatic N) is 1. The molecule has 4 unspecified atom stereocenters. The summed E-state index contributed by atoms with van der Waals surface area (Å²) in [6.45, 7) is 43.1. The summed E-state index contributed by atoms with van der Waals surface area (Å²) in [7, 11) is 0. The Kier molecular flexibility index (Phi) is 18.2. The lowest BCUT2D eigenvalue weighted by atomic mass is 9.42. The standard InChI is InChI=1S/C53H90N2O8/c1-43(2,3)34-52(20,41(60)62-31-29-55-39(57)27-28-54)50(17,18)46(9,10)35-51(19,40(58)59)49(15,16)47(11,12)36-53(21,42(61)63-32-30-56)48(13,14)45(7,8)33-38(44(4,5)6)37-25-23-22-24-26-37/h22-26,38,56H,27,29-36H2,1-21H3,(H,55,57)(H,58,59). The van der Waals surface area contributed by atoms with E-state index in [0.29, 0.717) is 6.42 Å². The Labute approximate surface area is 383 Å². The fraction of sp³-hybridized carbons (Fsp3) is 0.792. The van der Waals surface area contributed by atoms with Gasteiger partial charge in [-0.15, -0.1) is 0 Å². The first kappa shape index (κ1) is 57.6. The monoisotopic (exact) mass is 883 g/mol. The van der Waals surface area contributed by atoms with Gasteiger partial charge in [-0.25, -0.2) is 0 Å². The maximum absolute atomic E-state index is 14.7. The number of carboxylic acid groups (broad SMARTS) is 1. The van der Waals surface area contributed by atoms with Gasteiger partial charge in [-0.05, 0) is 101 Å². The van der Waals surface area contributed by atoms with Gasteiger partial charge in [0.25, 0.3) is 0 Å². The summed E-state index contributed by atoms with van der Waals surface area (Å²) >= 11 is 0. The van der Waals surface area contributed by atoms with Gasteiger partial charge in [0, 0.05) is 0 Å². The lowest BCUT2D eigenvalue weighted by Gasteiger charge is -2.61. The number of benzene rings is 1. The summed E-state index contributed by atoms with van der Waals surface area (Å²) in [6.07, 6.45) is 1.38. The molecule has 63 heavy (non-hydrogen) atoms. The molecule has 3 N–H and O–H groups in total. The van der Waals surface area contributed by atoms with E-state index in [4.69, 9.17) is 14.7 Å². The molecule has 1 amide bonds. The summed E-state index contributed by atoms with van der Waals surface area (Å²) in [6, 6.07) is 12.3. The van der Waals surface area contributed by atoms with Gasteiger partial charge in [-0.1, -0.05) is 155 Å². The normalized spacial score (nSPS) is 17.0. The van der Waals surface area contributed by atoms with E-state index >= 15 is 0 Å². The zero-order valence-corrected chi connectivity index (χ0v) is 43.6. The predicted molar refractivity (Wildman–Crippen MR) is 253 cm³/mol. The number of hydrogen-bond donors (Lipinski definition) is 3. The summed E-state index contributed by atoms with van der Waals surface area (Å²) in [5.41, 5.74) is -7.41. The zero-order valence-electron chi connectivity index (χ0n) is 43.6. The molecule has 1 aromatic carbocycles. The van der Waals surface area contributed by atoms with Gasteiger partial charge in [-0.2, -0.15) is 5.26 Å². The number of aliphatic carboxylic acids is 1. The third-order valence-electron chi connectivity index (χ3n) is 17.2. The van der Waals surface area contributed by atoms with Crippen LogP contribution in [0.5, 0.6) is 0 Å². The molecule has 10 heteroatoms. The van der Waals surface area contributed by atoms with E-state index in [-0.39, 0.29) is 62.4 Å². The van der Waals surface area contributed by atoms with Gasteiger partial charge in [0.1, 0.15) is 19.6 Å². The Bertz CT molecular complexity index is 1770. The smallest absolute Gasteiger partial charge is 0.312 e.